The first-order chi connectivity index (χ1) is 9.97. The number of aryl methyl sites for hydroxylation is 1. The topological polar surface area (TPSA) is 87.4 Å². The van der Waals surface area contributed by atoms with Crippen molar-refractivity contribution in [2.75, 3.05) is 14.2 Å². The summed E-state index contributed by atoms with van der Waals surface area (Å²) in [5.41, 5.74) is 0.533. The fourth-order valence-corrected chi connectivity index (χ4v) is 2.14. The minimum atomic E-state index is -0.537. The van der Waals surface area contributed by atoms with E-state index in [4.69, 9.17) is 21.1 Å². The summed E-state index contributed by atoms with van der Waals surface area (Å²) < 4.78 is 10.4. The SMILES string of the molecule is COc1ccc(-c2nc(Cl)nc(C)c2[N+](=O)[O-])c(OC)c1. The van der Waals surface area contributed by atoms with Gasteiger partial charge in [0.15, 0.2) is 5.69 Å². The maximum Gasteiger partial charge on any atom is 0.316 e. The summed E-state index contributed by atoms with van der Waals surface area (Å²) in [6.07, 6.45) is 0. The summed E-state index contributed by atoms with van der Waals surface area (Å²) in [5, 5.41) is 11.2. The molecule has 2 aromatic rings. The van der Waals surface area contributed by atoms with E-state index in [0.717, 1.165) is 0 Å². The third kappa shape index (κ3) is 2.87. The van der Waals surface area contributed by atoms with E-state index in [2.05, 4.69) is 9.97 Å². The summed E-state index contributed by atoms with van der Waals surface area (Å²) in [5.74, 6) is 0.960. The Morgan fingerprint density at radius 2 is 1.95 bits per heavy atom. The van der Waals surface area contributed by atoms with E-state index >= 15 is 0 Å². The Hall–Kier alpha value is -2.41. The lowest BCUT2D eigenvalue weighted by molar-refractivity contribution is -0.385. The molecule has 2 rings (SSSR count). The molecule has 0 spiro atoms. The second-order valence-electron chi connectivity index (χ2n) is 4.10. The third-order valence-electron chi connectivity index (χ3n) is 2.88. The summed E-state index contributed by atoms with van der Waals surface area (Å²) in [7, 11) is 2.97. The molecule has 1 aromatic heterocycles. The Balaban J connectivity index is 2.74. The number of ether oxygens (including phenoxy) is 2. The number of halogens is 1. The van der Waals surface area contributed by atoms with Crippen molar-refractivity contribution in [1.29, 1.82) is 0 Å². The number of nitrogens with zero attached hydrogens (tertiary/aromatic N) is 3. The van der Waals surface area contributed by atoms with E-state index in [9.17, 15) is 10.1 Å². The van der Waals surface area contributed by atoms with Gasteiger partial charge in [0.2, 0.25) is 5.28 Å². The van der Waals surface area contributed by atoms with Gasteiger partial charge in [-0.05, 0) is 30.7 Å². The molecule has 0 bridgehead atoms. The molecule has 1 heterocycles. The molecular formula is C13H12ClN3O4. The molecule has 0 unspecified atom stereocenters. The molecule has 110 valence electrons. The lowest BCUT2D eigenvalue weighted by Crippen LogP contribution is -2.02. The Morgan fingerprint density at radius 1 is 1.24 bits per heavy atom. The van der Waals surface area contributed by atoms with Crippen molar-refractivity contribution in [3.05, 3.63) is 39.3 Å². The molecule has 0 saturated heterocycles. The van der Waals surface area contributed by atoms with Gasteiger partial charge in [0.05, 0.1) is 19.1 Å². The minimum absolute atomic E-state index is 0.0639. The molecule has 0 amide bonds. The number of hydrogen-bond acceptors (Lipinski definition) is 6. The first-order valence-corrected chi connectivity index (χ1v) is 6.26. The highest BCUT2D eigenvalue weighted by Crippen LogP contribution is 2.38. The molecule has 0 radical (unpaired) electrons. The second kappa shape index (κ2) is 5.92. The van der Waals surface area contributed by atoms with Gasteiger partial charge >= 0.3 is 5.69 Å². The van der Waals surface area contributed by atoms with Crippen molar-refractivity contribution < 1.29 is 14.4 Å². The van der Waals surface area contributed by atoms with Gasteiger partial charge in [-0.2, -0.15) is 0 Å². The smallest absolute Gasteiger partial charge is 0.316 e. The average molecular weight is 310 g/mol. The number of aromatic nitrogens is 2. The fraction of sp³-hybridized carbons (Fsp3) is 0.231. The van der Waals surface area contributed by atoms with Crippen LogP contribution in [0.1, 0.15) is 5.69 Å². The molecule has 0 fully saturated rings. The highest BCUT2D eigenvalue weighted by atomic mass is 35.5. The van der Waals surface area contributed by atoms with Gasteiger partial charge in [-0.1, -0.05) is 0 Å². The normalized spacial score (nSPS) is 10.3. The van der Waals surface area contributed by atoms with Gasteiger partial charge in [-0.3, -0.25) is 10.1 Å². The summed E-state index contributed by atoms with van der Waals surface area (Å²) in [6.45, 7) is 1.51. The first kappa shape index (κ1) is 15.0. The number of benzene rings is 1. The minimum Gasteiger partial charge on any atom is -0.497 e. The highest BCUT2D eigenvalue weighted by molar-refractivity contribution is 6.28. The van der Waals surface area contributed by atoms with Crippen LogP contribution in [0.3, 0.4) is 0 Å². The Kier molecular flexibility index (Phi) is 4.23. The van der Waals surface area contributed by atoms with Gasteiger partial charge in [-0.15, -0.1) is 0 Å². The van der Waals surface area contributed by atoms with Gasteiger partial charge < -0.3 is 9.47 Å². The van der Waals surface area contributed by atoms with Crippen LogP contribution >= 0.6 is 11.6 Å². The maximum atomic E-state index is 11.3. The van der Waals surface area contributed by atoms with Crippen molar-refractivity contribution in [2.45, 2.75) is 6.92 Å². The second-order valence-corrected chi connectivity index (χ2v) is 4.44. The van der Waals surface area contributed by atoms with Crippen LogP contribution < -0.4 is 9.47 Å². The molecule has 0 N–H and O–H groups in total. The van der Waals surface area contributed by atoms with Crippen molar-refractivity contribution >= 4 is 17.3 Å². The van der Waals surface area contributed by atoms with Crippen LogP contribution in [0.15, 0.2) is 18.2 Å². The number of nitro groups is 1. The third-order valence-corrected chi connectivity index (χ3v) is 3.05. The quantitative estimate of drug-likeness (QED) is 0.490. The highest BCUT2D eigenvalue weighted by Gasteiger charge is 2.25. The van der Waals surface area contributed by atoms with E-state index in [1.807, 2.05) is 0 Å². The van der Waals surface area contributed by atoms with Gasteiger partial charge in [0.1, 0.15) is 17.2 Å². The van der Waals surface area contributed by atoms with Crippen LogP contribution in [-0.2, 0) is 0 Å². The number of rotatable bonds is 4. The average Bonchev–Trinajstić information content (AvgIpc) is 2.45. The molecule has 0 aliphatic heterocycles. The predicted octanol–water partition coefficient (Wildman–Crippen LogP) is 3.03. The summed E-state index contributed by atoms with van der Waals surface area (Å²) in [4.78, 5) is 18.5. The van der Waals surface area contributed by atoms with E-state index < -0.39 is 4.92 Å². The van der Waals surface area contributed by atoms with Crippen LogP contribution in [-0.4, -0.2) is 29.1 Å². The lowest BCUT2D eigenvalue weighted by Gasteiger charge is -2.11. The first-order valence-electron chi connectivity index (χ1n) is 5.88. The zero-order chi connectivity index (χ0) is 15.6. The van der Waals surface area contributed by atoms with Crippen LogP contribution in [0.25, 0.3) is 11.3 Å². The maximum absolute atomic E-state index is 11.3. The Morgan fingerprint density at radius 3 is 2.52 bits per heavy atom. The summed E-state index contributed by atoms with van der Waals surface area (Å²) in [6, 6.07) is 4.90. The van der Waals surface area contributed by atoms with Crippen LogP contribution in [0, 0.1) is 17.0 Å². The van der Waals surface area contributed by atoms with Crippen LogP contribution in [0.4, 0.5) is 5.69 Å². The largest absolute Gasteiger partial charge is 0.497 e. The summed E-state index contributed by atoms with van der Waals surface area (Å²) >= 11 is 5.82. The molecule has 7 nitrogen and oxygen atoms in total. The Labute approximate surface area is 125 Å². The monoisotopic (exact) mass is 309 g/mol. The molecule has 0 saturated carbocycles. The zero-order valence-corrected chi connectivity index (χ0v) is 12.3. The van der Waals surface area contributed by atoms with Crippen LogP contribution in [0.2, 0.25) is 5.28 Å². The predicted molar refractivity (Wildman–Crippen MR) is 77.0 cm³/mol. The van der Waals surface area contributed by atoms with E-state index in [1.165, 1.54) is 21.1 Å². The van der Waals surface area contributed by atoms with Crippen LogP contribution in [0.5, 0.6) is 11.5 Å². The van der Waals surface area contributed by atoms with Crippen molar-refractivity contribution in [2.24, 2.45) is 0 Å². The molecule has 1 aromatic carbocycles. The van der Waals surface area contributed by atoms with Crippen molar-refractivity contribution in [3.8, 4) is 22.8 Å². The molecular weight excluding hydrogens is 298 g/mol. The fourth-order valence-electron chi connectivity index (χ4n) is 1.93. The van der Waals surface area contributed by atoms with E-state index in [-0.39, 0.29) is 22.4 Å². The number of methoxy groups -OCH3 is 2. The van der Waals surface area contributed by atoms with Crippen molar-refractivity contribution in [1.82, 2.24) is 9.97 Å². The Bertz CT molecular complexity index is 706. The lowest BCUT2D eigenvalue weighted by atomic mass is 10.1. The molecule has 0 atom stereocenters. The zero-order valence-electron chi connectivity index (χ0n) is 11.6. The van der Waals surface area contributed by atoms with E-state index in [1.54, 1.807) is 18.2 Å². The number of hydrogen-bond donors (Lipinski definition) is 0. The van der Waals surface area contributed by atoms with E-state index in [0.29, 0.717) is 17.1 Å². The van der Waals surface area contributed by atoms with Gasteiger partial charge in [0.25, 0.3) is 0 Å². The molecule has 0 aliphatic carbocycles. The van der Waals surface area contributed by atoms with Gasteiger partial charge in [-0.25, -0.2) is 9.97 Å². The molecule has 0 aliphatic rings. The van der Waals surface area contributed by atoms with Crippen molar-refractivity contribution in [3.63, 3.8) is 0 Å². The van der Waals surface area contributed by atoms with Gasteiger partial charge in [0, 0.05) is 11.6 Å². The standard InChI is InChI=1S/C13H12ClN3O4/c1-7-12(17(18)19)11(16-13(14)15-7)9-5-4-8(20-2)6-10(9)21-3/h4-6H,1-3H3. The molecule has 8 heteroatoms. The molecule has 21 heavy (non-hydrogen) atoms.